The van der Waals surface area contributed by atoms with E-state index in [1.54, 1.807) is 19.1 Å². The average Bonchev–Trinajstić information content (AvgIpc) is 2.78. The molecule has 0 amide bonds. The lowest BCUT2D eigenvalue weighted by molar-refractivity contribution is -0.385. The summed E-state index contributed by atoms with van der Waals surface area (Å²) < 4.78 is 0. The molecule has 1 aromatic heterocycles. The Labute approximate surface area is 102 Å². The van der Waals surface area contributed by atoms with E-state index in [1.165, 1.54) is 11.3 Å². The van der Waals surface area contributed by atoms with Crippen LogP contribution in [0.15, 0.2) is 23.6 Å². The number of nitrogens with two attached hydrogens (primary N) is 1. The van der Waals surface area contributed by atoms with Crippen molar-refractivity contribution in [3.05, 3.63) is 44.3 Å². The first-order chi connectivity index (χ1) is 8.11. The summed E-state index contributed by atoms with van der Waals surface area (Å²) in [4.78, 5) is 14.8. The van der Waals surface area contributed by atoms with E-state index in [9.17, 15) is 10.1 Å². The predicted molar refractivity (Wildman–Crippen MR) is 66.8 cm³/mol. The zero-order valence-corrected chi connectivity index (χ0v) is 10.0. The lowest BCUT2D eigenvalue weighted by Crippen LogP contribution is -1.95. The van der Waals surface area contributed by atoms with Crippen LogP contribution >= 0.6 is 11.3 Å². The molecule has 1 heterocycles. The standard InChI is InChI=1S/C11H11N3O2S/c1-7-2-3-8(4-10(7)14(15)16)9-6-17-11(5-12)13-9/h2-4,6H,5,12H2,1H3. The number of rotatable bonds is 3. The minimum Gasteiger partial charge on any atom is -0.325 e. The van der Waals surface area contributed by atoms with Crippen molar-refractivity contribution in [3.8, 4) is 11.3 Å². The molecule has 2 aromatic rings. The van der Waals surface area contributed by atoms with Gasteiger partial charge in [0.2, 0.25) is 0 Å². The maximum atomic E-state index is 10.8. The molecule has 0 atom stereocenters. The third kappa shape index (κ3) is 2.32. The molecule has 0 aliphatic rings. The molecule has 2 N–H and O–H groups in total. The van der Waals surface area contributed by atoms with Gasteiger partial charge in [0.25, 0.3) is 5.69 Å². The highest BCUT2D eigenvalue weighted by Crippen LogP contribution is 2.27. The van der Waals surface area contributed by atoms with E-state index in [0.29, 0.717) is 12.1 Å². The van der Waals surface area contributed by atoms with Gasteiger partial charge >= 0.3 is 0 Å². The van der Waals surface area contributed by atoms with Gasteiger partial charge in [0, 0.05) is 29.1 Å². The topological polar surface area (TPSA) is 82.0 Å². The van der Waals surface area contributed by atoms with Crippen LogP contribution in [0.5, 0.6) is 0 Å². The maximum Gasteiger partial charge on any atom is 0.272 e. The van der Waals surface area contributed by atoms with Crippen molar-refractivity contribution >= 4 is 17.0 Å². The number of nitro groups is 1. The van der Waals surface area contributed by atoms with Crippen LogP contribution in [0.25, 0.3) is 11.3 Å². The Morgan fingerprint density at radius 2 is 2.29 bits per heavy atom. The Morgan fingerprint density at radius 3 is 2.88 bits per heavy atom. The van der Waals surface area contributed by atoms with Gasteiger partial charge in [-0.25, -0.2) is 4.98 Å². The Hall–Kier alpha value is -1.79. The monoisotopic (exact) mass is 249 g/mol. The molecule has 2 rings (SSSR count). The molecule has 0 bridgehead atoms. The van der Waals surface area contributed by atoms with Crippen LogP contribution in [-0.4, -0.2) is 9.91 Å². The Balaban J connectivity index is 2.46. The average molecular weight is 249 g/mol. The summed E-state index contributed by atoms with van der Waals surface area (Å²) in [5.41, 5.74) is 7.73. The predicted octanol–water partition coefficient (Wildman–Crippen LogP) is 2.49. The van der Waals surface area contributed by atoms with Crippen molar-refractivity contribution in [1.82, 2.24) is 4.98 Å². The maximum absolute atomic E-state index is 10.8. The van der Waals surface area contributed by atoms with Gasteiger partial charge in [0.05, 0.1) is 10.6 Å². The highest BCUT2D eigenvalue weighted by molar-refractivity contribution is 7.09. The smallest absolute Gasteiger partial charge is 0.272 e. The summed E-state index contributed by atoms with van der Waals surface area (Å²) >= 11 is 1.46. The van der Waals surface area contributed by atoms with Gasteiger partial charge in [-0.1, -0.05) is 12.1 Å². The third-order valence-corrected chi connectivity index (χ3v) is 3.30. The van der Waals surface area contributed by atoms with E-state index in [1.807, 2.05) is 11.4 Å². The highest BCUT2D eigenvalue weighted by Gasteiger charge is 2.13. The number of nitro benzene ring substituents is 1. The second kappa shape index (κ2) is 4.60. The number of nitrogens with zero attached hydrogens (tertiary/aromatic N) is 2. The number of thiazole rings is 1. The second-order valence-corrected chi connectivity index (χ2v) is 4.53. The zero-order chi connectivity index (χ0) is 12.4. The third-order valence-electron chi connectivity index (χ3n) is 2.43. The van der Waals surface area contributed by atoms with Crippen LogP contribution < -0.4 is 5.73 Å². The first kappa shape index (κ1) is 11.7. The van der Waals surface area contributed by atoms with Gasteiger partial charge in [-0.05, 0) is 6.92 Å². The van der Waals surface area contributed by atoms with Crippen LogP contribution in [0.3, 0.4) is 0 Å². The fraction of sp³-hybridized carbons (Fsp3) is 0.182. The van der Waals surface area contributed by atoms with E-state index >= 15 is 0 Å². The fourth-order valence-corrected chi connectivity index (χ4v) is 2.19. The van der Waals surface area contributed by atoms with Gasteiger partial charge in [0.1, 0.15) is 5.01 Å². The molecule has 0 aliphatic carbocycles. The summed E-state index contributed by atoms with van der Waals surface area (Å²) in [6, 6.07) is 5.11. The van der Waals surface area contributed by atoms with Gasteiger partial charge in [0.15, 0.2) is 0 Å². The van der Waals surface area contributed by atoms with E-state index in [4.69, 9.17) is 5.73 Å². The minimum absolute atomic E-state index is 0.116. The van der Waals surface area contributed by atoms with E-state index < -0.39 is 0 Å². The van der Waals surface area contributed by atoms with Crippen molar-refractivity contribution in [3.63, 3.8) is 0 Å². The van der Waals surface area contributed by atoms with Gasteiger partial charge in [-0.15, -0.1) is 11.3 Å². The Bertz CT molecular complexity index is 566. The van der Waals surface area contributed by atoms with Gasteiger partial charge in [-0.2, -0.15) is 0 Å². The van der Waals surface area contributed by atoms with Crippen LogP contribution in [0, 0.1) is 17.0 Å². The number of benzene rings is 1. The number of hydrogen-bond acceptors (Lipinski definition) is 5. The van der Waals surface area contributed by atoms with Crippen molar-refractivity contribution < 1.29 is 4.92 Å². The highest BCUT2D eigenvalue weighted by atomic mass is 32.1. The van der Waals surface area contributed by atoms with Crippen LogP contribution in [-0.2, 0) is 6.54 Å². The molecule has 88 valence electrons. The zero-order valence-electron chi connectivity index (χ0n) is 9.21. The number of aromatic nitrogens is 1. The molecular weight excluding hydrogens is 238 g/mol. The van der Waals surface area contributed by atoms with E-state index in [-0.39, 0.29) is 10.6 Å². The quantitative estimate of drug-likeness (QED) is 0.669. The lowest BCUT2D eigenvalue weighted by Gasteiger charge is -2.00. The van der Waals surface area contributed by atoms with Gasteiger partial charge < -0.3 is 5.73 Å². The molecule has 0 radical (unpaired) electrons. The van der Waals surface area contributed by atoms with Crippen LogP contribution in [0.2, 0.25) is 0 Å². The molecule has 1 aromatic carbocycles. The second-order valence-electron chi connectivity index (χ2n) is 3.59. The molecule has 0 aliphatic heterocycles. The number of aryl methyl sites for hydroxylation is 1. The molecule has 6 heteroatoms. The summed E-state index contributed by atoms with van der Waals surface area (Å²) in [5, 5.41) is 13.5. The molecule has 5 nitrogen and oxygen atoms in total. The summed E-state index contributed by atoms with van der Waals surface area (Å²) in [6.07, 6.45) is 0. The lowest BCUT2D eigenvalue weighted by atomic mass is 10.1. The number of hydrogen-bond donors (Lipinski definition) is 1. The van der Waals surface area contributed by atoms with Gasteiger partial charge in [-0.3, -0.25) is 10.1 Å². The molecule has 0 fully saturated rings. The summed E-state index contributed by atoms with van der Waals surface area (Å²) in [6.45, 7) is 2.10. The first-order valence-corrected chi connectivity index (χ1v) is 5.89. The molecular formula is C11H11N3O2S. The van der Waals surface area contributed by atoms with Crippen molar-refractivity contribution in [2.45, 2.75) is 13.5 Å². The largest absolute Gasteiger partial charge is 0.325 e. The molecule has 0 saturated carbocycles. The molecule has 0 saturated heterocycles. The Kier molecular flexibility index (Phi) is 3.16. The van der Waals surface area contributed by atoms with Crippen LogP contribution in [0.4, 0.5) is 5.69 Å². The minimum atomic E-state index is -0.380. The molecule has 0 spiro atoms. The normalized spacial score (nSPS) is 10.5. The Morgan fingerprint density at radius 1 is 1.53 bits per heavy atom. The van der Waals surface area contributed by atoms with Crippen LogP contribution in [0.1, 0.15) is 10.6 Å². The summed E-state index contributed by atoms with van der Waals surface area (Å²) in [7, 11) is 0. The van der Waals surface area contributed by atoms with E-state index in [0.717, 1.165) is 16.3 Å². The van der Waals surface area contributed by atoms with Crippen molar-refractivity contribution in [1.29, 1.82) is 0 Å². The SMILES string of the molecule is Cc1ccc(-c2csc(CN)n2)cc1[N+](=O)[O-]. The van der Waals surface area contributed by atoms with Crippen molar-refractivity contribution in [2.24, 2.45) is 5.73 Å². The molecule has 0 unspecified atom stereocenters. The first-order valence-electron chi connectivity index (χ1n) is 5.01. The molecule has 17 heavy (non-hydrogen) atoms. The van der Waals surface area contributed by atoms with Crippen molar-refractivity contribution in [2.75, 3.05) is 0 Å². The van der Waals surface area contributed by atoms with E-state index in [2.05, 4.69) is 4.98 Å². The fourth-order valence-electron chi connectivity index (χ4n) is 1.50. The summed E-state index contributed by atoms with van der Waals surface area (Å²) in [5.74, 6) is 0.